The summed E-state index contributed by atoms with van der Waals surface area (Å²) in [5, 5.41) is 8.25. The van der Waals surface area contributed by atoms with Crippen molar-refractivity contribution >= 4 is 67.1 Å². The van der Waals surface area contributed by atoms with Gasteiger partial charge in [0.15, 0.2) is 0 Å². The largest absolute Gasteiger partial charge is 0.444 e. The molecular formula is C32H36BrN3O7S. The topological polar surface area (TPSA) is 140 Å². The third-order valence-corrected chi connectivity index (χ3v) is 7.80. The average Bonchev–Trinajstić information content (AvgIpc) is 2.96. The molecule has 0 aliphatic rings. The Hall–Kier alpha value is -4.00. The first kappa shape index (κ1) is 34.5. The van der Waals surface area contributed by atoms with Crippen LogP contribution < -0.4 is 16.0 Å². The van der Waals surface area contributed by atoms with Gasteiger partial charge in [-0.3, -0.25) is 19.1 Å². The van der Waals surface area contributed by atoms with Gasteiger partial charge in [0.1, 0.15) is 5.60 Å². The number of para-hydroxylation sites is 2. The smallest absolute Gasteiger partial charge is 0.412 e. The lowest BCUT2D eigenvalue weighted by Crippen LogP contribution is -2.27. The summed E-state index contributed by atoms with van der Waals surface area (Å²) in [5.74, 6) is -1.59. The number of halogens is 1. The van der Waals surface area contributed by atoms with Crippen molar-refractivity contribution in [2.45, 2.75) is 45.6 Å². The van der Waals surface area contributed by atoms with Crippen molar-refractivity contribution in [2.24, 2.45) is 0 Å². The number of anilines is 3. The standard InChI is InChI=1S/C32H36BrN3O7S/c1-5-44(40,41)42-21-20-26(30(38)34-25-17-15-24(33)16-18-25)23-13-10-22(11-14-23)12-19-29(37)35-27-8-6-7-9-28(27)36-31(39)43-32(2,3)4/h6-19,26H,5,20-21H2,1-4H3,(H,34,38)(H,35,37)(H,36,39). The van der Waals surface area contributed by atoms with E-state index in [1.807, 2.05) is 0 Å². The monoisotopic (exact) mass is 685 g/mol. The summed E-state index contributed by atoms with van der Waals surface area (Å²) < 4.78 is 34.8. The Kier molecular flexibility index (Phi) is 12.3. The van der Waals surface area contributed by atoms with E-state index in [0.29, 0.717) is 28.2 Å². The lowest BCUT2D eigenvalue weighted by molar-refractivity contribution is -0.118. The highest BCUT2D eigenvalue weighted by molar-refractivity contribution is 9.10. The molecule has 3 amide bonds. The Labute approximate surface area is 266 Å². The van der Waals surface area contributed by atoms with E-state index in [9.17, 15) is 22.8 Å². The van der Waals surface area contributed by atoms with Gasteiger partial charge in [-0.15, -0.1) is 0 Å². The molecule has 3 aromatic carbocycles. The first-order chi connectivity index (χ1) is 20.7. The van der Waals surface area contributed by atoms with E-state index in [0.717, 1.165) is 4.47 Å². The number of carbonyl (C=O) groups excluding carboxylic acids is 3. The van der Waals surface area contributed by atoms with Gasteiger partial charge in [-0.25, -0.2) is 4.79 Å². The number of amides is 3. The number of hydrogen-bond acceptors (Lipinski definition) is 7. The summed E-state index contributed by atoms with van der Waals surface area (Å²) in [6.45, 7) is 6.60. The molecule has 0 bridgehead atoms. The molecule has 1 atom stereocenters. The van der Waals surface area contributed by atoms with Crippen LogP contribution in [0.25, 0.3) is 6.08 Å². The van der Waals surface area contributed by atoms with E-state index in [1.165, 1.54) is 13.0 Å². The molecule has 3 rings (SSSR count). The van der Waals surface area contributed by atoms with Gasteiger partial charge in [-0.1, -0.05) is 52.3 Å². The van der Waals surface area contributed by atoms with E-state index in [4.69, 9.17) is 8.92 Å². The molecule has 0 aliphatic carbocycles. The summed E-state index contributed by atoms with van der Waals surface area (Å²) in [7, 11) is -3.66. The normalized spacial score (nSPS) is 12.4. The van der Waals surface area contributed by atoms with Crippen LogP contribution in [0.2, 0.25) is 0 Å². The fraction of sp³-hybridized carbons (Fsp3) is 0.281. The van der Waals surface area contributed by atoms with Crippen LogP contribution in [0.15, 0.2) is 83.3 Å². The fourth-order valence-electron chi connectivity index (χ4n) is 3.89. The predicted octanol–water partition coefficient (Wildman–Crippen LogP) is 6.93. The number of ether oxygens (including phenoxy) is 1. The minimum absolute atomic E-state index is 0.135. The highest BCUT2D eigenvalue weighted by Crippen LogP contribution is 2.25. The number of rotatable bonds is 12. The van der Waals surface area contributed by atoms with Gasteiger partial charge >= 0.3 is 6.09 Å². The molecular weight excluding hydrogens is 650 g/mol. The lowest BCUT2D eigenvalue weighted by Gasteiger charge is -2.20. The van der Waals surface area contributed by atoms with Gasteiger partial charge in [-0.05, 0) is 87.7 Å². The van der Waals surface area contributed by atoms with Gasteiger partial charge in [0.05, 0.1) is 29.7 Å². The van der Waals surface area contributed by atoms with Crippen LogP contribution in [0, 0.1) is 0 Å². The summed E-state index contributed by atoms with van der Waals surface area (Å²) in [6, 6.07) is 20.9. The molecule has 0 saturated heterocycles. The molecule has 234 valence electrons. The maximum Gasteiger partial charge on any atom is 0.412 e. The first-order valence-electron chi connectivity index (χ1n) is 13.9. The van der Waals surface area contributed by atoms with Crippen molar-refractivity contribution in [3.8, 4) is 0 Å². The van der Waals surface area contributed by atoms with Crippen LogP contribution in [-0.4, -0.2) is 44.3 Å². The van der Waals surface area contributed by atoms with Crippen molar-refractivity contribution < 1.29 is 31.7 Å². The molecule has 12 heteroatoms. The Morgan fingerprint density at radius 1 is 0.886 bits per heavy atom. The molecule has 0 spiro atoms. The Morgan fingerprint density at radius 3 is 2.09 bits per heavy atom. The maximum absolute atomic E-state index is 13.2. The zero-order valence-electron chi connectivity index (χ0n) is 24.9. The van der Waals surface area contributed by atoms with Gasteiger partial charge in [0.25, 0.3) is 10.1 Å². The molecule has 3 aromatic rings. The van der Waals surface area contributed by atoms with E-state index in [-0.39, 0.29) is 24.7 Å². The Morgan fingerprint density at radius 2 is 1.50 bits per heavy atom. The second kappa shape index (κ2) is 15.6. The second-order valence-electron chi connectivity index (χ2n) is 10.7. The minimum atomic E-state index is -3.66. The molecule has 0 heterocycles. The molecule has 10 nitrogen and oxygen atoms in total. The van der Waals surface area contributed by atoms with Gasteiger partial charge < -0.3 is 15.4 Å². The van der Waals surface area contributed by atoms with Crippen LogP contribution in [0.1, 0.15) is 51.2 Å². The van der Waals surface area contributed by atoms with Crippen molar-refractivity contribution in [3.05, 3.63) is 94.5 Å². The zero-order chi connectivity index (χ0) is 32.3. The third kappa shape index (κ3) is 11.6. The molecule has 0 aromatic heterocycles. The molecule has 0 radical (unpaired) electrons. The van der Waals surface area contributed by atoms with Gasteiger partial charge in [-0.2, -0.15) is 8.42 Å². The number of nitrogens with one attached hydrogen (secondary N) is 3. The second-order valence-corrected chi connectivity index (χ2v) is 13.5. The summed E-state index contributed by atoms with van der Waals surface area (Å²) in [5.41, 5.74) is 2.06. The summed E-state index contributed by atoms with van der Waals surface area (Å²) in [4.78, 5) is 38.1. The van der Waals surface area contributed by atoms with E-state index >= 15 is 0 Å². The molecule has 44 heavy (non-hydrogen) atoms. The molecule has 0 saturated carbocycles. The first-order valence-corrected chi connectivity index (χ1v) is 16.2. The molecule has 1 unspecified atom stereocenters. The average molecular weight is 687 g/mol. The van der Waals surface area contributed by atoms with E-state index < -0.39 is 33.6 Å². The van der Waals surface area contributed by atoms with Crippen molar-refractivity contribution in [3.63, 3.8) is 0 Å². The van der Waals surface area contributed by atoms with Gasteiger partial charge in [0.2, 0.25) is 11.8 Å². The number of benzene rings is 3. The maximum atomic E-state index is 13.2. The SMILES string of the molecule is CCS(=O)(=O)OCCC(C(=O)Nc1ccc(Br)cc1)c1ccc(C=CC(=O)Nc2ccccc2NC(=O)OC(C)(C)C)cc1. The van der Waals surface area contributed by atoms with Crippen LogP contribution in [0.4, 0.5) is 21.9 Å². The van der Waals surface area contributed by atoms with E-state index in [2.05, 4.69) is 31.9 Å². The molecule has 0 aliphatic heterocycles. The third-order valence-electron chi connectivity index (χ3n) is 6.04. The Balaban J connectivity index is 1.69. The van der Waals surface area contributed by atoms with Gasteiger partial charge in [0, 0.05) is 16.2 Å². The predicted molar refractivity (Wildman–Crippen MR) is 176 cm³/mol. The lowest BCUT2D eigenvalue weighted by atomic mass is 9.94. The van der Waals surface area contributed by atoms with Crippen molar-refractivity contribution in [2.75, 3.05) is 28.3 Å². The van der Waals surface area contributed by atoms with E-state index in [1.54, 1.807) is 99.6 Å². The van der Waals surface area contributed by atoms with Crippen LogP contribution in [0.3, 0.4) is 0 Å². The summed E-state index contributed by atoms with van der Waals surface area (Å²) >= 11 is 3.37. The van der Waals surface area contributed by atoms with Crippen LogP contribution >= 0.6 is 15.9 Å². The molecule has 3 N–H and O–H groups in total. The highest BCUT2D eigenvalue weighted by Gasteiger charge is 2.22. The Bertz CT molecular complexity index is 1580. The van der Waals surface area contributed by atoms with Crippen molar-refractivity contribution in [1.29, 1.82) is 0 Å². The summed E-state index contributed by atoms with van der Waals surface area (Å²) in [6.07, 6.45) is 2.45. The molecule has 0 fully saturated rings. The van der Waals surface area contributed by atoms with Crippen LogP contribution in [0.5, 0.6) is 0 Å². The quantitative estimate of drug-likeness (QED) is 0.139. The van der Waals surface area contributed by atoms with Crippen LogP contribution in [-0.2, 0) is 28.6 Å². The fourth-order valence-corrected chi connectivity index (χ4v) is 4.67. The number of carbonyl (C=O) groups is 3. The number of hydrogen-bond donors (Lipinski definition) is 3. The van der Waals surface area contributed by atoms with Crippen molar-refractivity contribution in [1.82, 2.24) is 0 Å². The minimum Gasteiger partial charge on any atom is -0.444 e. The highest BCUT2D eigenvalue weighted by atomic mass is 79.9. The zero-order valence-corrected chi connectivity index (χ0v) is 27.3.